The minimum absolute atomic E-state index is 0.0896. The number of carbonyl (C=O) groups is 1. The van der Waals surface area contributed by atoms with E-state index in [0.29, 0.717) is 65.0 Å². The summed E-state index contributed by atoms with van der Waals surface area (Å²) in [4.78, 5) is 31.4. The van der Waals surface area contributed by atoms with Gasteiger partial charge in [0.2, 0.25) is 0 Å². The maximum Gasteiger partial charge on any atom is 0.271 e. The second-order valence-electron chi connectivity index (χ2n) is 12.4. The van der Waals surface area contributed by atoms with Crippen molar-refractivity contribution < 1.29 is 37.6 Å². The number of hydrogen-bond acceptors (Lipinski definition) is 9. The maximum atomic E-state index is 15.5. The monoisotopic (exact) mass is 698 g/mol. The molecule has 51 heavy (non-hydrogen) atoms. The summed E-state index contributed by atoms with van der Waals surface area (Å²) in [5.41, 5.74) is 0.765. The molecular formula is C38H36F2N4O7. The molecule has 13 heteroatoms. The number of anilines is 1. The highest BCUT2D eigenvalue weighted by molar-refractivity contribution is 6.06. The molecule has 0 atom stereocenters. The third kappa shape index (κ3) is 7.35. The number of aliphatic hydroxyl groups excluding tert-OH is 1. The summed E-state index contributed by atoms with van der Waals surface area (Å²) in [5, 5.41) is 16.4. The van der Waals surface area contributed by atoms with Crippen molar-refractivity contribution >= 4 is 22.5 Å². The Balaban J connectivity index is 1.06. The molecule has 11 nitrogen and oxygen atoms in total. The van der Waals surface area contributed by atoms with Crippen LogP contribution in [0.25, 0.3) is 16.6 Å². The lowest BCUT2D eigenvalue weighted by Gasteiger charge is -2.26. The molecule has 3 N–H and O–H groups in total. The van der Waals surface area contributed by atoms with Gasteiger partial charge in [0.05, 0.1) is 25.3 Å². The molecule has 1 saturated carbocycles. The molecule has 0 bridgehead atoms. The number of aliphatic hydroxyl groups is 1. The molecule has 1 amide bonds. The van der Waals surface area contributed by atoms with Gasteiger partial charge in [-0.2, -0.15) is 0 Å². The number of pyridine rings is 2. The number of halogens is 2. The van der Waals surface area contributed by atoms with Crippen LogP contribution in [0.1, 0.15) is 41.6 Å². The molecule has 2 aromatic heterocycles. The number of rotatable bonds is 11. The molecule has 264 valence electrons. The molecule has 7 rings (SSSR count). The van der Waals surface area contributed by atoms with Crippen LogP contribution in [0.4, 0.5) is 14.5 Å². The Morgan fingerprint density at radius 3 is 2.57 bits per heavy atom. The van der Waals surface area contributed by atoms with Crippen molar-refractivity contribution in [1.29, 1.82) is 0 Å². The summed E-state index contributed by atoms with van der Waals surface area (Å²) in [6, 6.07) is 14.7. The van der Waals surface area contributed by atoms with Crippen LogP contribution in [0.2, 0.25) is 0 Å². The van der Waals surface area contributed by atoms with E-state index in [1.54, 1.807) is 30.6 Å². The summed E-state index contributed by atoms with van der Waals surface area (Å²) in [7, 11) is 1.52. The molecule has 5 aromatic rings. The second kappa shape index (κ2) is 14.8. The average molecular weight is 699 g/mol. The van der Waals surface area contributed by atoms with Gasteiger partial charge in [-0.1, -0.05) is 0 Å². The molecule has 0 radical (unpaired) electrons. The maximum absolute atomic E-state index is 15.5. The van der Waals surface area contributed by atoms with Crippen molar-refractivity contribution in [3.8, 4) is 34.4 Å². The number of benzene rings is 3. The van der Waals surface area contributed by atoms with E-state index >= 15 is 4.39 Å². The number of methoxy groups -OCH3 is 1. The molecule has 0 saturated heterocycles. The van der Waals surface area contributed by atoms with E-state index in [4.69, 9.17) is 18.9 Å². The van der Waals surface area contributed by atoms with E-state index in [-0.39, 0.29) is 35.5 Å². The van der Waals surface area contributed by atoms with Crippen LogP contribution in [0.3, 0.4) is 0 Å². The predicted octanol–water partition coefficient (Wildman–Crippen LogP) is 5.92. The summed E-state index contributed by atoms with van der Waals surface area (Å²) >= 11 is 0. The molecule has 2 aliphatic rings. The first-order chi connectivity index (χ1) is 24.8. The molecule has 1 fully saturated rings. The number of carbonyl (C=O) groups excluding carboxylic acids is 1. The van der Waals surface area contributed by atoms with Gasteiger partial charge in [-0.15, -0.1) is 0 Å². The van der Waals surface area contributed by atoms with Crippen molar-refractivity contribution in [3.63, 3.8) is 0 Å². The fraction of sp³-hybridized carbons (Fsp3) is 0.289. The molecular weight excluding hydrogens is 662 g/mol. The van der Waals surface area contributed by atoms with Crippen molar-refractivity contribution in [2.75, 3.05) is 32.2 Å². The van der Waals surface area contributed by atoms with Gasteiger partial charge in [-0.25, -0.2) is 8.78 Å². The number of fused-ring (bicyclic) bond motifs is 2. The predicted molar refractivity (Wildman–Crippen MR) is 186 cm³/mol. The number of amides is 1. The number of aromatic nitrogens is 2. The zero-order valence-corrected chi connectivity index (χ0v) is 27.8. The van der Waals surface area contributed by atoms with E-state index in [0.717, 1.165) is 31.7 Å². The van der Waals surface area contributed by atoms with E-state index in [1.807, 2.05) is 0 Å². The van der Waals surface area contributed by atoms with Gasteiger partial charge in [0, 0.05) is 65.9 Å². The quantitative estimate of drug-likeness (QED) is 0.144. The topological polar surface area (TPSA) is 133 Å². The highest BCUT2D eigenvalue weighted by Gasteiger charge is 2.27. The Morgan fingerprint density at radius 1 is 1.00 bits per heavy atom. The van der Waals surface area contributed by atoms with Crippen LogP contribution >= 0.6 is 0 Å². The summed E-state index contributed by atoms with van der Waals surface area (Å²) in [5.74, 6) is -0.668. The molecule has 3 aromatic carbocycles. The zero-order chi connectivity index (χ0) is 35.5. The van der Waals surface area contributed by atoms with Crippen molar-refractivity contribution in [2.24, 2.45) is 0 Å². The lowest BCUT2D eigenvalue weighted by molar-refractivity contribution is 0.102. The smallest absolute Gasteiger partial charge is 0.271 e. The minimum Gasteiger partial charge on any atom is -0.493 e. The fourth-order valence-corrected chi connectivity index (χ4v) is 6.42. The van der Waals surface area contributed by atoms with E-state index < -0.39 is 23.1 Å². The van der Waals surface area contributed by atoms with Gasteiger partial charge in [0.25, 0.3) is 11.5 Å². The Kier molecular flexibility index (Phi) is 9.82. The van der Waals surface area contributed by atoms with Gasteiger partial charge in [0.15, 0.2) is 23.1 Å². The van der Waals surface area contributed by atoms with Crippen LogP contribution in [-0.4, -0.2) is 59.6 Å². The van der Waals surface area contributed by atoms with Gasteiger partial charge >= 0.3 is 0 Å². The molecule has 3 heterocycles. The highest BCUT2D eigenvalue weighted by Crippen LogP contribution is 2.38. The van der Waals surface area contributed by atoms with Crippen LogP contribution in [0, 0.1) is 11.6 Å². The Hall–Kier alpha value is -5.53. The average Bonchev–Trinajstić information content (AvgIpc) is 3.60. The van der Waals surface area contributed by atoms with Crippen LogP contribution in [0.15, 0.2) is 77.9 Å². The first-order valence-electron chi connectivity index (χ1n) is 16.7. The van der Waals surface area contributed by atoms with Crippen LogP contribution in [-0.2, 0) is 6.42 Å². The van der Waals surface area contributed by atoms with Gasteiger partial charge < -0.3 is 34.7 Å². The molecule has 1 aliphatic carbocycles. The minimum atomic E-state index is -0.780. The summed E-state index contributed by atoms with van der Waals surface area (Å²) < 4.78 is 53.5. The Morgan fingerprint density at radius 2 is 1.80 bits per heavy atom. The SMILES string of the molecule is COc1cc2c(Oc3ccc(NC(=O)c4c5c(cn(-c6ccc(F)cc6)c4=O)CCO5)cc3F)ccnc2cc1OCCNC1CCC(O)CC1. The number of nitrogens with zero attached hydrogens (tertiary/aromatic N) is 2. The van der Waals surface area contributed by atoms with E-state index in [1.165, 1.54) is 48.1 Å². The van der Waals surface area contributed by atoms with E-state index in [2.05, 4.69) is 15.6 Å². The van der Waals surface area contributed by atoms with Gasteiger partial charge in [-0.05, 0) is 74.2 Å². The first-order valence-corrected chi connectivity index (χ1v) is 16.7. The number of nitrogens with one attached hydrogen (secondary N) is 2. The van der Waals surface area contributed by atoms with Gasteiger partial charge in [-0.3, -0.25) is 19.1 Å². The first kappa shape index (κ1) is 33.9. The third-order valence-corrected chi connectivity index (χ3v) is 9.07. The van der Waals surface area contributed by atoms with Crippen molar-refractivity contribution in [1.82, 2.24) is 14.9 Å². The second-order valence-corrected chi connectivity index (χ2v) is 12.4. The van der Waals surface area contributed by atoms with Gasteiger partial charge in [0.1, 0.15) is 29.5 Å². The van der Waals surface area contributed by atoms with E-state index in [9.17, 15) is 19.1 Å². The zero-order valence-electron chi connectivity index (χ0n) is 27.8. The Labute approximate surface area is 291 Å². The van der Waals surface area contributed by atoms with Crippen LogP contribution < -0.4 is 35.1 Å². The number of hydrogen-bond donors (Lipinski definition) is 3. The highest BCUT2D eigenvalue weighted by atomic mass is 19.1. The lowest BCUT2D eigenvalue weighted by Crippen LogP contribution is -2.36. The normalized spacial score (nSPS) is 16.7. The largest absolute Gasteiger partial charge is 0.493 e. The molecule has 0 unspecified atom stereocenters. The standard InChI is InChI=1S/C38H36F2N4O7/c1-48-33-19-28-30(20-34(33)49-17-15-41-24-4-9-27(45)10-5-24)42-14-12-31(28)51-32-11-6-25(18-29(32)40)43-37(46)35-36-22(13-16-50-36)21-44(38(35)47)26-7-2-23(39)3-8-26/h2-3,6-8,11-12,14,18-21,24,27,41,45H,4-5,9-10,13,15-17H2,1H3,(H,43,46). The lowest BCUT2D eigenvalue weighted by atomic mass is 9.93. The fourth-order valence-electron chi connectivity index (χ4n) is 6.42. The molecule has 0 spiro atoms. The van der Waals surface area contributed by atoms with Crippen molar-refractivity contribution in [2.45, 2.75) is 44.2 Å². The van der Waals surface area contributed by atoms with Crippen molar-refractivity contribution in [3.05, 3.63) is 106 Å². The molecule has 1 aliphatic heterocycles. The third-order valence-electron chi connectivity index (χ3n) is 9.07. The summed E-state index contributed by atoms with van der Waals surface area (Å²) in [6.07, 6.45) is 6.85. The number of ether oxygens (including phenoxy) is 4. The Bertz CT molecular complexity index is 2130. The summed E-state index contributed by atoms with van der Waals surface area (Å²) in [6.45, 7) is 1.32. The van der Waals surface area contributed by atoms with Crippen LogP contribution in [0.5, 0.6) is 28.7 Å².